The number of fused-ring (bicyclic) bond motifs is 5. The van der Waals surface area contributed by atoms with E-state index in [2.05, 4.69) is 6.92 Å². The van der Waals surface area contributed by atoms with Crippen LogP contribution in [-0.2, 0) is 16.0 Å². The highest BCUT2D eigenvalue weighted by molar-refractivity contribution is 5.87. The maximum Gasteiger partial charge on any atom is 0.460 e. The third kappa shape index (κ3) is 7.49. The number of halogens is 9. The summed E-state index contributed by atoms with van der Waals surface area (Å²) < 4.78 is 118. The van der Waals surface area contributed by atoms with Crippen molar-refractivity contribution in [2.24, 2.45) is 29.1 Å². The number of benzene rings is 1. The number of unbranched alkanes of at least 4 members (excludes halogenated alkanes) is 5. The Balaban J connectivity index is 1.21. The van der Waals surface area contributed by atoms with Crippen molar-refractivity contribution in [3.05, 3.63) is 29.3 Å². The fraction of sp³-hybridized carbons (Fsp3) is 0.771. The van der Waals surface area contributed by atoms with Crippen LogP contribution in [0.25, 0.3) is 0 Å². The largest absolute Gasteiger partial charge is 0.508 e. The number of carboxylic acids is 1. The maximum atomic E-state index is 13.8. The fourth-order valence-corrected chi connectivity index (χ4v) is 8.95. The zero-order valence-corrected chi connectivity index (χ0v) is 27.0. The number of aromatic hydroxyl groups is 1. The second-order valence-electron chi connectivity index (χ2n) is 14.5. The molecule has 6 atom stereocenters. The lowest BCUT2D eigenvalue weighted by atomic mass is 9.51. The lowest BCUT2D eigenvalue weighted by molar-refractivity contribution is -0.396. The lowest BCUT2D eigenvalue weighted by Gasteiger charge is -2.52. The molecule has 0 saturated heterocycles. The van der Waals surface area contributed by atoms with Gasteiger partial charge >= 0.3 is 29.9 Å². The zero-order chi connectivity index (χ0) is 35.7. The molecule has 0 aromatic heterocycles. The minimum absolute atomic E-state index is 0.0316. The molecule has 0 spiro atoms. The van der Waals surface area contributed by atoms with Crippen molar-refractivity contribution in [3.8, 4) is 5.75 Å². The number of aliphatic carboxylic acids is 1. The summed E-state index contributed by atoms with van der Waals surface area (Å²) in [5.74, 6) is -19.8. The van der Waals surface area contributed by atoms with Crippen LogP contribution in [0.1, 0.15) is 120 Å². The Labute approximate surface area is 274 Å². The molecule has 13 heteroatoms. The Morgan fingerprint density at radius 2 is 1.50 bits per heavy atom. The molecular formula is C35H45F9O4. The Morgan fingerprint density at radius 3 is 2.15 bits per heavy atom. The van der Waals surface area contributed by atoms with E-state index >= 15 is 0 Å². The van der Waals surface area contributed by atoms with Gasteiger partial charge in [0.05, 0.1) is 5.92 Å². The van der Waals surface area contributed by atoms with Crippen molar-refractivity contribution in [3.63, 3.8) is 0 Å². The van der Waals surface area contributed by atoms with Crippen LogP contribution >= 0.6 is 0 Å². The van der Waals surface area contributed by atoms with Gasteiger partial charge in [-0.15, -0.1) is 0 Å². The van der Waals surface area contributed by atoms with E-state index in [0.717, 1.165) is 57.8 Å². The highest BCUT2D eigenvalue weighted by Crippen LogP contribution is 2.62. The molecule has 2 fully saturated rings. The van der Waals surface area contributed by atoms with Crippen LogP contribution in [0, 0.1) is 29.1 Å². The van der Waals surface area contributed by atoms with Gasteiger partial charge in [-0.2, -0.15) is 39.5 Å². The molecule has 48 heavy (non-hydrogen) atoms. The molecule has 0 heterocycles. The van der Waals surface area contributed by atoms with Crippen LogP contribution in [0.15, 0.2) is 18.2 Å². The number of phenols is 1. The summed E-state index contributed by atoms with van der Waals surface area (Å²) in [4.78, 5) is 24.6. The number of hydrogen-bond donors (Lipinski definition) is 2. The van der Waals surface area contributed by atoms with Crippen molar-refractivity contribution >= 4 is 11.8 Å². The average molecular weight is 701 g/mol. The standard InChI is InChI=1S/C35H45F9O4/c1-31-20-23(29-25-15-13-24(45)19-22(25)12-14-26(29)27(31)16-17-28(31)46)10-7-5-3-2-4-6-9-21(30(47)48)11-8-18-32(36,37)33(38,39)34(40,41)35(42,43)44/h13,15,19,21,23,26-27,29,45H,2-12,14,16-18,20H2,1H3,(H,47,48)/t21?,23-,26?,27?,29?,31-/m0/s1. The number of Topliss-reactive ketones (excluding diaryl/α,β-unsaturated/α-hetero) is 1. The second-order valence-corrected chi connectivity index (χ2v) is 14.5. The first kappa shape index (κ1) is 38.3. The Morgan fingerprint density at radius 1 is 0.875 bits per heavy atom. The van der Waals surface area contributed by atoms with E-state index in [1.807, 2.05) is 12.1 Å². The molecule has 4 unspecified atom stereocenters. The van der Waals surface area contributed by atoms with E-state index in [-0.39, 0.29) is 17.6 Å². The van der Waals surface area contributed by atoms with E-state index in [0.29, 0.717) is 48.7 Å². The Kier molecular flexibility index (Phi) is 11.5. The number of carbonyl (C=O) groups excluding carboxylic acids is 1. The van der Waals surface area contributed by atoms with Crippen molar-refractivity contribution in [2.75, 3.05) is 0 Å². The summed E-state index contributed by atoms with van der Waals surface area (Å²) in [7, 11) is 0. The van der Waals surface area contributed by atoms with Gasteiger partial charge < -0.3 is 10.2 Å². The SMILES string of the molecule is C[C@]12C[C@H](CCCCCCCCC(CCCC(F)(F)C(F)(F)C(F)(F)C(F)(F)F)C(=O)O)C3c4ccc(O)cc4CCC3C1CCC2=O. The molecule has 3 aliphatic carbocycles. The maximum absolute atomic E-state index is 13.8. The molecule has 2 N–H and O–H groups in total. The molecule has 2 saturated carbocycles. The van der Waals surface area contributed by atoms with Gasteiger partial charge in [0, 0.05) is 18.3 Å². The molecule has 0 amide bonds. The topological polar surface area (TPSA) is 74.6 Å². The minimum atomic E-state index is -6.95. The molecule has 0 aliphatic heterocycles. The third-order valence-corrected chi connectivity index (χ3v) is 11.5. The van der Waals surface area contributed by atoms with Gasteiger partial charge in [0.15, 0.2) is 0 Å². The van der Waals surface area contributed by atoms with Crippen molar-refractivity contribution in [2.45, 2.75) is 140 Å². The fourth-order valence-electron chi connectivity index (χ4n) is 8.95. The lowest BCUT2D eigenvalue weighted by Crippen LogP contribution is -2.60. The summed E-state index contributed by atoms with van der Waals surface area (Å²) in [5, 5.41) is 19.5. The predicted molar refractivity (Wildman–Crippen MR) is 159 cm³/mol. The summed E-state index contributed by atoms with van der Waals surface area (Å²) in [5.41, 5.74) is 2.18. The van der Waals surface area contributed by atoms with Gasteiger partial charge in [-0.25, -0.2) is 0 Å². The molecular weight excluding hydrogens is 655 g/mol. The van der Waals surface area contributed by atoms with Crippen LogP contribution < -0.4 is 0 Å². The van der Waals surface area contributed by atoms with Crippen molar-refractivity contribution in [1.29, 1.82) is 0 Å². The van der Waals surface area contributed by atoms with E-state index in [9.17, 15) is 59.3 Å². The number of carbonyl (C=O) groups is 2. The van der Waals surface area contributed by atoms with E-state index in [1.54, 1.807) is 6.07 Å². The summed E-state index contributed by atoms with van der Waals surface area (Å²) in [6, 6.07) is 5.65. The highest BCUT2D eigenvalue weighted by atomic mass is 19.4. The van der Waals surface area contributed by atoms with Gasteiger partial charge in [0.1, 0.15) is 11.5 Å². The smallest absolute Gasteiger partial charge is 0.460 e. The monoisotopic (exact) mass is 700 g/mol. The van der Waals surface area contributed by atoms with Gasteiger partial charge in [-0.3, -0.25) is 9.59 Å². The molecule has 272 valence electrons. The average Bonchev–Trinajstić information content (AvgIpc) is 3.29. The van der Waals surface area contributed by atoms with E-state index in [4.69, 9.17) is 0 Å². The molecule has 1 aromatic rings. The normalized spacial score (nSPS) is 26.9. The summed E-state index contributed by atoms with van der Waals surface area (Å²) in [6.07, 6.45) is -0.625. The molecule has 3 aliphatic rings. The van der Waals surface area contributed by atoms with Crippen LogP contribution in [0.3, 0.4) is 0 Å². The van der Waals surface area contributed by atoms with E-state index in [1.165, 1.54) is 11.1 Å². The number of carboxylic acid groups (broad SMARTS) is 1. The number of hydrogen-bond acceptors (Lipinski definition) is 3. The van der Waals surface area contributed by atoms with Crippen LogP contribution in [0.4, 0.5) is 39.5 Å². The first-order chi connectivity index (χ1) is 22.2. The number of alkyl halides is 9. The highest BCUT2D eigenvalue weighted by Gasteiger charge is 2.81. The van der Waals surface area contributed by atoms with Crippen LogP contribution in [-0.4, -0.2) is 45.9 Å². The molecule has 1 aromatic carbocycles. The number of aryl methyl sites for hydroxylation is 1. The molecule has 0 radical (unpaired) electrons. The quantitative estimate of drug-likeness (QED) is 0.133. The molecule has 4 rings (SSSR count). The summed E-state index contributed by atoms with van der Waals surface area (Å²) >= 11 is 0. The Hall–Kier alpha value is -2.47. The van der Waals surface area contributed by atoms with Crippen molar-refractivity contribution in [1.82, 2.24) is 0 Å². The Bertz CT molecular complexity index is 1300. The number of ketones is 1. The van der Waals surface area contributed by atoms with Gasteiger partial charge in [-0.1, -0.05) is 51.5 Å². The van der Waals surface area contributed by atoms with Gasteiger partial charge in [0.2, 0.25) is 0 Å². The third-order valence-electron chi connectivity index (χ3n) is 11.5. The minimum Gasteiger partial charge on any atom is -0.508 e. The number of phenolic OH excluding ortho intramolecular Hbond substituents is 1. The van der Waals surface area contributed by atoms with Gasteiger partial charge in [0.25, 0.3) is 0 Å². The first-order valence-electron chi connectivity index (χ1n) is 17.0. The second kappa shape index (κ2) is 14.4. The van der Waals surface area contributed by atoms with Crippen LogP contribution in [0.2, 0.25) is 0 Å². The van der Waals surface area contributed by atoms with Crippen molar-refractivity contribution < 1.29 is 59.3 Å². The molecule has 0 bridgehead atoms. The first-order valence-corrected chi connectivity index (χ1v) is 17.0. The number of rotatable bonds is 16. The predicted octanol–water partition coefficient (Wildman–Crippen LogP) is 10.5. The van der Waals surface area contributed by atoms with Crippen LogP contribution in [0.5, 0.6) is 5.75 Å². The van der Waals surface area contributed by atoms with E-state index < -0.39 is 55.1 Å². The zero-order valence-electron chi connectivity index (χ0n) is 27.0. The molecule has 4 nitrogen and oxygen atoms in total. The van der Waals surface area contributed by atoms with Gasteiger partial charge in [-0.05, 0) is 98.3 Å². The summed E-state index contributed by atoms with van der Waals surface area (Å²) in [6.45, 7) is 2.14.